The molecule has 1 aliphatic rings. The molecule has 0 heteroatoms. The second-order valence-electron chi connectivity index (χ2n) is 4.35. The van der Waals surface area contributed by atoms with Gasteiger partial charge in [-0.15, -0.1) is 11.5 Å². The smallest absolute Gasteiger partial charge is 0.0126 e. The molecule has 3 atom stereocenters. The highest BCUT2D eigenvalue weighted by molar-refractivity contribution is 5.07. The Kier molecular flexibility index (Phi) is 4.98. The highest BCUT2D eigenvalue weighted by Crippen LogP contribution is 2.14. The van der Waals surface area contributed by atoms with Gasteiger partial charge in [0.2, 0.25) is 0 Å². The van der Waals surface area contributed by atoms with Crippen LogP contribution in [0, 0.1) is 17.8 Å². The lowest BCUT2D eigenvalue weighted by Gasteiger charge is -2.10. The predicted octanol–water partition coefficient (Wildman–Crippen LogP) is 4.28. The van der Waals surface area contributed by atoms with Crippen LogP contribution >= 0.6 is 0 Å². The van der Waals surface area contributed by atoms with E-state index in [0.29, 0.717) is 17.8 Å². The number of hydrogen-bond acceptors (Lipinski definition) is 0. The van der Waals surface area contributed by atoms with E-state index in [1.807, 2.05) is 6.08 Å². The highest BCUT2D eigenvalue weighted by Gasteiger charge is 2.03. The molecule has 1 rings (SSSR count). The molecule has 0 aromatic carbocycles. The third-order valence-electron chi connectivity index (χ3n) is 2.78. The van der Waals surface area contributed by atoms with Crippen molar-refractivity contribution in [3.05, 3.63) is 47.9 Å². The summed E-state index contributed by atoms with van der Waals surface area (Å²) in [7, 11) is 0. The molecule has 0 aromatic rings. The second kappa shape index (κ2) is 6.30. The molecule has 0 spiro atoms. The molecule has 0 saturated carbocycles. The van der Waals surface area contributed by atoms with Crippen molar-refractivity contribution >= 4 is 0 Å². The van der Waals surface area contributed by atoms with Crippen molar-refractivity contribution in [2.45, 2.75) is 27.2 Å². The fourth-order valence-electron chi connectivity index (χ4n) is 1.38. The minimum absolute atomic E-state index is 0.544. The quantitative estimate of drug-likeness (QED) is 0.512. The topological polar surface area (TPSA) is 0 Å². The standard InChI is InChI=1S/C15H20/c1-13-9-5-4-6-11-14(2)15(3)12-8-7-10-13/h4,6-7,9,11-15H,10H2,1-3H3. The van der Waals surface area contributed by atoms with E-state index in [2.05, 4.69) is 62.6 Å². The van der Waals surface area contributed by atoms with E-state index in [0.717, 1.165) is 6.42 Å². The fourth-order valence-corrected chi connectivity index (χ4v) is 1.38. The molecule has 3 unspecified atom stereocenters. The molecule has 0 radical (unpaired) electrons. The molecule has 0 saturated heterocycles. The largest absolute Gasteiger partial charge is 0.129 e. The van der Waals surface area contributed by atoms with E-state index in [1.165, 1.54) is 0 Å². The first-order chi connectivity index (χ1) is 7.20. The van der Waals surface area contributed by atoms with Crippen molar-refractivity contribution in [1.29, 1.82) is 0 Å². The van der Waals surface area contributed by atoms with E-state index >= 15 is 0 Å². The molecule has 0 heterocycles. The summed E-state index contributed by atoms with van der Waals surface area (Å²) in [6.45, 7) is 6.65. The Morgan fingerprint density at radius 2 is 1.80 bits per heavy atom. The van der Waals surface area contributed by atoms with E-state index in [9.17, 15) is 0 Å². The van der Waals surface area contributed by atoms with Crippen LogP contribution in [0.2, 0.25) is 0 Å². The number of rotatable bonds is 0. The summed E-state index contributed by atoms with van der Waals surface area (Å²) in [5.74, 6) is 1.65. The first-order valence-electron chi connectivity index (χ1n) is 5.70. The van der Waals surface area contributed by atoms with Crippen LogP contribution in [0.4, 0.5) is 0 Å². The van der Waals surface area contributed by atoms with Gasteiger partial charge in [0.15, 0.2) is 0 Å². The van der Waals surface area contributed by atoms with Gasteiger partial charge in [-0.3, -0.25) is 0 Å². The maximum atomic E-state index is 3.27. The SMILES string of the molecule is CC1C=C=CC=CC(C)C(C)C=C=CC1. The number of allylic oxidation sites excluding steroid dienone is 4. The van der Waals surface area contributed by atoms with Crippen molar-refractivity contribution in [2.24, 2.45) is 17.8 Å². The molecular weight excluding hydrogens is 180 g/mol. The second-order valence-corrected chi connectivity index (χ2v) is 4.35. The van der Waals surface area contributed by atoms with Crippen molar-refractivity contribution < 1.29 is 0 Å². The Bertz CT molecular complexity index is 331. The van der Waals surface area contributed by atoms with E-state index in [4.69, 9.17) is 0 Å². The van der Waals surface area contributed by atoms with Crippen LogP contribution in [0.5, 0.6) is 0 Å². The lowest BCUT2D eigenvalue weighted by molar-refractivity contribution is 0.558. The minimum atomic E-state index is 0.544. The van der Waals surface area contributed by atoms with Crippen LogP contribution in [-0.2, 0) is 0 Å². The average molecular weight is 200 g/mol. The predicted molar refractivity (Wildman–Crippen MR) is 66.6 cm³/mol. The summed E-state index contributed by atoms with van der Waals surface area (Å²) in [5, 5.41) is 0. The van der Waals surface area contributed by atoms with Gasteiger partial charge in [-0.05, 0) is 48.5 Å². The Morgan fingerprint density at radius 1 is 1.00 bits per heavy atom. The normalized spacial score (nSPS) is 31.3. The monoisotopic (exact) mass is 200 g/mol. The summed E-state index contributed by atoms with van der Waals surface area (Å²) in [6, 6.07) is 0. The summed E-state index contributed by atoms with van der Waals surface area (Å²) >= 11 is 0. The third-order valence-corrected chi connectivity index (χ3v) is 2.78. The Balaban J connectivity index is 2.86. The zero-order valence-corrected chi connectivity index (χ0v) is 9.90. The van der Waals surface area contributed by atoms with Gasteiger partial charge in [0.05, 0.1) is 0 Å². The zero-order valence-electron chi connectivity index (χ0n) is 9.90. The summed E-state index contributed by atoms with van der Waals surface area (Å²) < 4.78 is 0. The molecule has 0 amide bonds. The Hall–Kier alpha value is -1.22. The first kappa shape index (κ1) is 11.9. The molecule has 0 fully saturated rings. The molecule has 15 heavy (non-hydrogen) atoms. The van der Waals surface area contributed by atoms with Gasteiger partial charge >= 0.3 is 0 Å². The third kappa shape index (κ3) is 4.70. The van der Waals surface area contributed by atoms with Crippen molar-refractivity contribution in [3.63, 3.8) is 0 Å². The lowest BCUT2D eigenvalue weighted by atomic mass is 9.95. The molecule has 0 nitrogen and oxygen atoms in total. The minimum Gasteiger partial charge on any atom is -0.129 e. The van der Waals surface area contributed by atoms with Gasteiger partial charge in [-0.2, -0.15) is 0 Å². The van der Waals surface area contributed by atoms with Gasteiger partial charge in [0, 0.05) is 0 Å². The summed E-state index contributed by atoms with van der Waals surface area (Å²) in [6.07, 6.45) is 13.7. The molecule has 0 bridgehead atoms. The highest BCUT2D eigenvalue weighted by atomic mass is 14.1. The maximum absolute atomic E-state index is 3.27. The van der Waals surface area contributed by atoms with Crippen molar-refractivity contribution in [2.75, 3.05) is 0 Å². The van der Waals surface area contributed by atoms with Crippen LogP contribution < -0.4 is 0 Å². The summed E-state index contributed by atoms with van der Waals surface area (Å²) in [4.78, 5) is 0. The molecule has 80 valence electrons. The van der Waals surface area contributed by atoms with E-state index < -0.39 is 0 Å². The van der Waals surface area contributed by atoms with Crippen LogP contribution in [0.15, 0.2) is 47.9 Å². The van der Waals surface area contributed by atoms with Gasteiger partial charge in [0.25, 0.3) is 0 Å². The van der Waals surface area contributed by atoms with Crippen molar-refractivity contribution in [3.8, 4) is 0 Å². The van der Waals surface area contributed by atoms with E-state index in [-0.39, 0.29) is 0 Å². The van der Waals surface area contributed by atoms with Crippen LogP contribution in [0.3, 0.4) is 0 Å². The molecule has 0 N–H and O–H groups in total. The van der Waals surface area contributed by atoms with Crippen LogP contribution in [0.1, 0.15) is 27.2 Å². The van der Waals surface area contributed by atoms with E-state index in [1.54, 1.807) is 0 Å². The summed E-state index contributed by atoms with van der Waals surface area (Å²) in [5.41, 5.74) is 6.47. The maximum Gasteiger partial charge on any atom is -0.0126 e. The Labute approximate surface area is 93.4 Å². The average Bonchev–Trinajstić information content (AvgIpc) is 2.21. The van der Waals surface area contributed by atoms with Crippen LogP contribution in [-0.4, -0.2) is 0 Å². The molecule has 1 aliphatic carbocycles. The molecule has 0 aromatic heterocycles. The first-order valence-corrected chi connectivity index (χ1v) is 5.70. The van der Waals surface area contributed by atoms with Crippen LogP contribution in [0.25, 0.3) is 0 Å². The van der Waals surface area contributed by atoms with Gasteiger partial charge < -0.3 is 0 Å². The lowest BCUT2D eigenvalue weighted by Crippen LogP contribution is -2.00. The van der Waals surface area contributed by atoms with Gasteiger partial charge in [0.1, 0.15) is 0 Å². The zero-order chi connectivity index (χ0) is 11.1. The number of hydrogen-bond donors (Lipinski definition) is 0. The van der Waals surface area contributed by atoms with Gasteiger partial charge in [-0.25, -0.2) is 0 Å². The van der Waals surface area contributed by atoms with Gasteiger partial charge in [-0.1, -0.05) is 32.9 Å². The Morgan fingerprint density at radius 3 is 2.60 bits per heavy atom. The van der Waals surface area contributed by atoms with Crippen molar-refractivity contribution in [1.82, 2.24) is 0 Å². The fraction of sp³-hybridized carbons (Fsp3) is 0.467. The molecular formula is C15H20. The molecule has 0 aliphatic heterocycles.